The van der Waals surface area contributed by atoms with Gasteiger partial charge >= 0.3 is 0 Å². The van der Waals surface area contributed by atoms with Gasteiger partial charge < -0.3 is 4.42 Å². The summed E-state index contributed by atoms with van der Waals surface area (Å²) in [7, 11) is 0. The van der Waals surface area contributed by atoms with Crippen molar-refractivity contribution in [1.82, 2.24) is 0 Å². The molecule has 0 aliphatic rings. The Morgan fingerprint density at radius 3 is 2.61 bits per heavy atom. The van der Waals surface area contributed by atoms with Gasteiger partial charge in [-0.05, 0) is 29.7 Å². The zero-order valence-corrected chi connectivity index (χ0v) is 10.2. The summed E-state index contributed by atoms with van der Waals surface area (Å²) in [6.45, 7) is 0. The molecule has 0 bridgehead atoms. The van der Waals surface area contributed by atoms with Crippen LogP contribution in [0.4, 0.5) is 0 Å². The van der Waals surface area contributed by atoms with Crippen molar-refractivity contribution in [2.75, 3.05) is 0 Å². The van der Waals surface area contributed by atoms with Gasteiger partial charge in [0.1, 0.15) is 11.2 Å². The molecule has 0 saturated carbocycles. The Hall–Kier alpha value is -1.99. The van der Waals surface area contributed by atoms with Crippen molar-refractivity contribution >= 4 is 44.3 Å². The Morgan fingerprint density at radius 1 is 0.778 bits per heavy atom. The maximum atomic E-state index is 6.05. The van der Waals surface area contributed by atoms with Crippen LogP contribution >= 0.6 is 11.6 Å². The molecule has 18 heavy (non-hydrogen) atoms. The minimum Gasteiger partial charge on any atom is -0.455 e. The molecule has 0 atom stereocenters. The van der Waals surface area contributed by atoms with E-state index in [1.165, 1.54) is 5.39 Å². The molecule has 1 aromatic heterocycles. The largest absolute Gasteiger partial charge is 0.455 e. The van der Waals surface area contributed by atoms with Gasteiger partial charge in [0.25, 0.3) is 0 Å². The summed E-state index contributed by atoms with van der Waals surface area (Å²) in [6, 6.07) is 18.2. The molecule has 1 nitrogen and oxygen atoms in total. The molecule has 0 radical (unpaired) electrons. The molecule has 0 saturated heterocycles. The van der Waals surface area contributed by atoms with Crippen molar-refractivity contribution < 1.29 is 4.42 Å². The number of fused-ring (bicyclic) bond motifs is 5. The van der Waals surface area contributed by atoms with E-state index in [9.17, 15) is 0 Å². The predicted molar refractivity (Wildman–Crippen MR) is 76.2 cm³/mol. The van der Waals surface area contributed by atoms with Gasteiger partial charge in [-0.25, -0.2) is 0 Å². The Kier molecular flexibility index (Phi) is 1.94. The van der Waals surface area contributed by atoms with Gasteiger partial charge in [0.05, 0.1) is 0 Å². The lowest BCUT2D eigenvalue weighted by atomic mass is 10.1. The summed E-state index contributed by atoms with van der Waals surface area (Å²) in [6.07, 6.45) is 0. The Morgan fingerprint density at radius 2 is 1.67 bits per heavy atom. The van der Waals surface area contributed by atoms with Crippen LogP contribution < -0.4 is 0 Å². The van der Waals surface area contributed by atoms with Gasteiger partial charge in [-0.2, -0.15) is 0 Å². The van der Waals surface area contributed by atoms with Crippen LogP contribution in [0.1, 0.15) is 0 Å². The third-order valence-corrected chi connectivity index (χ3v) is 3.56. The van der Waals surface area contributed by atoms with Crippen molar-refractivity contribution in [3.8, 4) is 0 Å². The van der Waals surface area contributed by atoms with E-state index in [0.717, 1.165) is 32.3 Å². The first-order valence-corrected chi connectivity index (χ1v) is 6.20. The molecule has 0 N–H and O–H groups in total. The molecule has 4 aromatic rings. The van der Waals surface area contributed by atoms with Crippen LogP contribution in [0.3, 0.4) is 0 Å². The highest BCUT2D eigenvalue weighted by molar-refractivity contribution is 6.32. The fourth-order valence-corrected chi connectivity index (χ4v) is 2.65. The third-order valence-electron chi connectivity index (χ3n) is 3.32. The summed E-state index contributed by atoms with van der Waals surface area (Å²) in [5.74, 6) is 0. The average Bonchev–Trinajstić information content (AvgIpc) is 2.77. The molecular weight excluding hydrogens is 244 g/mol. The molecule has 0 amide bonds. The van der Waals surface area contributed by atoms with Gasteiger partial charge in [0.15, 0.2) is 0 Å². The minimum atomic E-state index is 0.735. The molecule has 0 unspecified atom stereocenters. The lowest BCUT2D eigenvalue weighted by molar-refractivity contribution is 0.672. The van der Waals surface area contributed by atoms with Gasteiger partial charge in [-0.1, -0.05) is 41.9 Å². The van der Waals surface area contributed by atoms with E-state index in [1.54, 1.807) is 0 Å². The highest BCUT2D eigenvalue weighted by Gasteiger charge is 2.09. The van der Waals surface area contributed by atoms with E-state index >= 15 is 0 Å². The van der Waals surface area contributed by atoms with Gasteiger partial charge in [0, 0.05) is 21.2 Å². The smallest absolute Gasteiger partial charge is 0.143 e. The number of hydrogen-bond donors (Lipinski definition) is 0. The molecule has 86 valence electrons. The highest BCUT2D eigenvalue weighted by Crippen LogP contribution is 2.34. The first kappa shape index (κ1) is 9.98. The minimum absolute atomic E-state index is 0.735. The van der Waals surface area contributed by atoms with E-state index in [2.05, 4.69) is 24.3 Å². The van der Waals surface area contributed by atoms with Crippen LogP contribution in [0.25, 0.3) is 32.7 Å². The predicted octanol–water partition coefficient (Wildman–Crippen LogP) is 5.39. The number of rotatable bonds is 0. The van der Waals surface area contributed by atoms with Gasteiger partial charge in [0.2, 0.25) is 0 Å². The van der Waals surface area contributed by atoms with E-state index in [1.807, 2.05) is 30.3 Å². The van der Waals surface area contributed by atoms with E-state index < -0.39 is 0 Å². The Bertz CT molecular complexity index is 889. The van der Waals surface area contributed by atoms with Crippen molar-refractivity contribution in [3.05, 3.63) is 59.6 Å². The van der Waals surface area contributed by atoms with E-state index in [-0.39, 0.29) is 0 Å². The molecule has 4 rings (SSSR count). The molecule has 0 aliphatic carbocycles. The van der Waals surface area contributed by atoms with Crippen molar-refractivity contribution in [1.29, 1.82) is 0 Å². The molecule has 3 aromatic carbocycles. The molecular formula is C16H9ClO. The summed E-state index contributed by atoms with van der Waals surface area (Å²) < 4.78 is 5.96. The van der Waals surface area contributed by atoms with Crippen LogP contribution in [0.2, 0.25) is 5.02 Å². The zero-order chi connectivity index (χ0) is 12.1. The standard InChI is InChI=1S/C16H9ClO/c17-11-6-8-15-14(9-11)13-7-5-10-3-1-2-4-12(10)16(13)18-15/h1-9H. The summed E-state index contributed by atoms with van der Waals surface area (Å²) in [5.41, 5.74) is 1.82. The van der Waals surface area contributed by atoms with Crippen LogP contribution in [0.5, 0.6) is 0 Å². The molecule has 0 spiro atoms. The maximum absolute atomic E-state index is 6.05. The zero-order valence-electron chi connectivity index (χ0n) is 9.48. The van der Waals surface area contributed by atoms with Crippen LogP contribution in [-0.2, 0) is 0 Å². The molecule has 1 heterocycles. The monoisotopic (exact) mass is 252 g/mol. The van der Waals surface area contributed by atoms with E-state index in [0.29, 0.717) is 0 Å². The SMILES string of the molecule is Clc1ccc2oc3c4ccccc4ccc3c2c1. The number of benzene rings is 3. The normalized spacial score (nSPS) is 11.6. The molecule has 2 heteroatoms. The fourth-order valence-electron chi connectivity index (χ4n) is 2.48. The van der Waals surface area contributed by atoms with Crippen LogP contribution in [0.15, 0.2) is 59.0 Å². The van der Waals surface area contributed by atoms with Crippen molar-refractivity contribution in [3.63, 3.8) is 0 Å². The second kappa shape index (κ2) is 3.50. The van der Waals surface area contributed by atoms with Crippen molar-refractivity contribution in [2.24, 2.45) is 0 Å². The lowest BCUT2D eigenvalue weighted by Gasteiger charge is -1.97. The third kappa shape index (κ3) is 1.28. The number of hydrogen-bond acceptors (Lipinski definition) is 1. The first-order valence-electron chi connectivity index (χ1n) is 5.82. The second-order valence-corrected chi connectivity index (χ2v) is 4.84. The average molecular weight is 253 g/mol. The van der Waals surface area contributed by atoms with Gasteiger partial charge in [-0.3, -0.25) is 0 Å². The topological polar surface area (TPSA) is 13.1 Å². The summed E-state index contributed by atoms with van der Waals surface area (Å²) in [4.78, 5) is 0. The van der Waals surface area contributed by atoms with Crippen molar-refractivity contribution in [2.45, 2.75) is 0 Å². The van der Waals surface area contributed by atoms with Crippen LogP contribution in [-0.4, -0.2) is 0 Å². The molecule has 0 fully saturated rings. The Balaban J connectivity index is 2.30. The number of furan rings is 1. The lowest BCUT2D eigenvalue weighted by Crippen LogP contribution is -1.72. The molecule has 0 aliphatic heterocycles. The summed E-state index contributed by atoms with van der Waals surface area (Å²) >= 11 is 6.05. The quantitative estimate of drug-likeness (QED) is 0.409. The van der Waals surface area contributed by atoms with Crippen LogP contribution in [0, 0.1) is 0 Å². The van der Waals surface area contributed by atoms with E-state index in [4.69, 9.17) is 16.0 Å². The second-order valence-electron chi connectivity index (χ2n) is 4.41. The Labute approximate surface area is 109 Å². The fraction of sp³-hybridized carbons (Fsp3) is 0. The number of halogens is 1. The summed E-state index contributed by atoms with van der Waals surface area (Å²) in [5, 5.41) is 5.25. The maximum Gasteiger partial charge on any atom is 0.143 e. The highest BCUT2D eigenvalue weighted by atomic mass is 35.5. The van der Waals surface area contributed by atoms with Gasteiger partial charge in [-0.15, -0.1) is 0 Å². The first-order chi connectivity index (χ1) is 8.83.